The first kappa shape index (κ1) is 15.6. The maximum atomic E-state index is 14.0. The first-order valence-corrected chi connectivity index (χ1v) is 9.26. The number of nitrogens with zero attached hydrogens (tertiary/aromatic N) is 4. The Labute approximate surface area is 138 Å². The average molecular weight is 354 g/mol. The van der Waals surface area contributed by atoms with Crippen molar-refractivity contribution in [3.05, 3.63) is 42.2 Å². The number of hydrogen-bond donors (Lipinski definition) is 0. The molecule has 2 aromatic rings. The lowest BCUT2D eigenvalue weighted by molar-refractivity contribution is 0.174. The van der Waals surface area contributed by atoms with Crippen LogP contribution in [-0.2, 0) is 10.0 Å². The van der Waals surface area contributed by atoms with Gasteiger partial charge in [0.15, 0.2) is 4.90 Å². The van der Waals surface area contributed by atoms with Crippen molar-refractivity contribution in [3.63, 3.8) is 0 Å². The van der Waals surface area contributed by atoms with E-state index < -0.39 is 26.6 Å². The quantitative estimate of drug-likeness (QED) is 0.847. The summed E-state index contributed by atoms with van der Waals surface area (Å²) in [5.74, 6) is -2.10. The molecular formula is C15H16F2N4O2S. The van der Waals surface area contributed by atoms with Gasteiger partial charge in [0.1, 0.15) is 11.6 Å². The highest BCUT2D eigenvalue weighted by molar-refractivity contribution is 7.89. The van der Waals surface area contributed by atoms with Crippen LogP contribution in [0.5, 0.6) is 0 Å². The molecule has 2 atom stereocenters. The molecule has 0 amide bonds. The van der Waals surface area contributed by atoms with Crippen molar-refractivity contribution in [1.29, 1.82) is 0 Å². The van der Waals surface area contributed by atoms with E-state index in [1.165, 1.54) is 4.31 Å². The van der Waals surface area contributed by atoms with Gasteiger partial charge in [-0.25, -0.2) is 17.2 Å². The molecule has 2 fully saturated rings. The summed E-state index contributed by atoms with van der Waals surface area (Å²) >= 11 is 0. The maximum absolute atomic E-state index is 14.0. The summed E-state index contributed by atoms with van der Waals surface area (Å²) in [6, 6.07) is 2.53. The zero-order valence-corrected chi connectivity index (χ0v) is 13.5. The number of rotatable bonds is 3. The molecule has 2 aliphatic heterocycles. The van der Waals surface area contributed by atoms with E-state index in [1.54, 1.807) is 17.2 Å². The molecule has 0 saturated carbocycles. The molecule has 4 rings (SSSR count). The van der Waals surface area contributed by atoms with E-state index in [0.29, 0.717) is 25.7 Å². The number of piperidine rings is 1. The number of hydrogen-bond acceptors (Lipinski definition) is 4. The molecule has 0 spiro atoms. The van der Waals surface area contributed by atoms with Crippen LogP contribution in [0.25, 0.3) is 0 Å². The van der Waals surface area contributed by atoms with Gasteiger partial charge in [0.2, 0.25) is 10.0 Å². The van der Waals surface area contributed by atoms with Gasteiger partial charge in [-0.05, 0) is 37.8 Å². The van der Waals surface area contributed by atoms with Crippen LogP contribution >= 0.6 is 0 Å². The second kappa shape index (κ2) is 5.59. The van der Waals surface area contributed by atoms with Crippen LogP contribution in [0.2, 0.25) is 0 Å². The van der Waals surface area contributed by atoms with E-state index >= 15 is 0 Å². The lowest BCUT2D eigenvalue weighted by Gasteiger charge is -2.37. The van der Waals surface area contributed by atoms with Crippen LogP contribution in [0, 0.1) is 11.6 Å². The number of halogens is 2. The van der Waals surface area contributed by atoms with Crippen LogP contribution in [0.1, 0.15) is 31.7 Å². The summed E-state index contributed by atoms with van der Waals surface area (Å²) < 4.78 is 55.1. The SMILES string of the molecule is O=S(=O)(c1c(F)cccc1F)N1C2CCC1CC(n1nccn1)C2. The Hall–Kier alpha value is -1.87. The summed E-state index contributed by atoms with van der Waals surface area (Å²) in [6.07, 6.45) is 5.61. The van der Waals surface area contributed by atoms with Crippen LogP contribution in [0.15, 0.2) is 35.5 Å². The fourth-order valence-electron chi connectivity index (χ4n) is 3.94. The molecular weight excluding hydrogens is 338 g/mol. The zero-order chi connectivity index (χ0) is 16.9. The Bertz CT molecular complexity index is 822. The van der Waals surface area contributed by atoms with Gasteiger partial charge < -0.3 is 0 Å². The molecule has 2 aliphatic rings. The molecule has 2 saturated heterocycles. The average Bonchev–Trinajstić information content (AvgIpc) is 3.14. The summed E-state index contributed by atoms with van der Waals surface area (Å²) in [5, 5.41) is 8.26. The lowest BCUT2D eigenvalue weighted by Crippen LogP contribution is -2.47. The van der Waals surface area contributed by atoms with Crippen molar-refractivity contribution < 1.29 is 17.2 Å². The third-order valence-electron chi connectivity index (χ3n) is 4.86. The van der Waals surface area contributed by atoms with Crippen LogP contribution in [0.4, 0.5) is 8.78 Å². The van der Waals surface area contributed by atoms with Gasteiger partial charge in [-0.1, -0.05) is 6.07 Å². The van der Waals surface area contributed by atoms with Gasteiger partial charge in [0.05, 0.1) is 18.4 Å². The van der Waals surface area contributed by atoms with E-state index in [2.05, 4.69) is 10.2 Å². The molecule has 128 valence electrons. The minimum atomic E-state index is -4.22. The highest BCUT2D eigenvalue weighted by atomic mass is 32.2. The number of fused-ring (bicyclic) bond motifs is 2. The molecule has 0 radical (unpaired) electrons. The largest absolute Gasteiger partial charge is 0.249 e. The van der Waals surface area contributed by atoms with Crippen LogP contribution in [0.3, 0.4) is 0 Å². The second-order valence-corrected chi connectivity index (χ2v) is 8.03. The molecule has 1 aromatic heterocycles. The highest BCUT2D eigenvalue weighted by Crippen LogP contribution is 2.43. The number of aromatic nitrogens is 3. The molecule has 9 heteroatoms. The second-order valence-electron chi connectivity index (χ2n) is 6.25. The van der Waals surface area contributed by atoms with Crippen molar-refractivity contribution >= 4 is 10.0 Å². The third-order valence-corrected chi connectivity index (χ3v) is 6.92. The Morgan fingerprint density at radius 3 is 2.04 bits per heavy atom. The van der Waals surface area contributed by atoms with E-state index in [9.17, 15) is 17.2 Å². The Morgan fingerprint density at radius 2 is 1.50 bits per heavy atom. The van der Waals surface area contributed by atoms with E-state index in [-0.39, 0.29) is 18.1 Å². The molecule has 1 aromatic carbocycles. The first-order valence-electron chi connectivity index (χ1n) is 7.82. The summed E-state index contributed by atoms with van der Waals surface area (Å²) in [5.41, 5.74) is 0. The summed E-state index contributed by atoms with van der Waals surface area (Å²) in [6.45, 7) is 0. The zero-order valence-electron chi connectivity index (χ0n) is 12.7. The van der Waals surface area contributed by atoms with Crippen LogP contribution < -0.4 is 0 Å². The third kappa shape index (κ3) is 2.34. The standard InChI is InChI=1S/C15H16F2N4O2S/c16-13-2-1-3-14(17)15(13)24(22,23)20-10-4-5-11(20)9-12(8-10)21-18-6-7-19-21/h1-3,6-7,10-12H,4-5,8-9H2. The minimum Gasteiger partial charge on any atom is -0.207 e. The Kier molecular flexibility index (Phi) is 3.65. The predicted octanol–water partition coefficient (Wildman–Crippen LogP) is 2.11. The topological polar surface area (TPSA) is 68.1 Å². The lowest BCUT2D eigenvalue weighted by atomic mass is 10.0. The first-order chi connectivity index (χ1) is 11.5. The van der Waals surface area contributed by atoms with E-state index in [4.69, 9.17) is 0 Å². The molecule has 24 heavy (non-hydrogen) atoms. The summed E-state index contributed by atoms with van der Waals surface area (Å²) in [4.78, 5) is 0.747. The van der Waals surface area contributed by atoms with Crippen molar-refractivity contribution in [1.82, 2.24) is 19.3 Å². The van der Waals surface area contributed by atoms with E-state index in [0.717, 1.165) is 18.2 Å². The summed E-state index contributed by atoms with van der Waals surface area (Å²) in [7, 11) is -4.22. The Balaban J connectivity index is 1.68. The molecule has 3 heterocycles. The van der Waals surface area contributed by atoms with Gasteiger partial charge in [0, 0.05) is 12.1 Å². The molecule has 6 nitrogen and oxygen atoms in total. The molecule has 0 N–H and O–H groups in total. The fraction of sp³-hybridized carbons (Fsp3) is 0.467. The van der Waals surface area contributed by atoms with Crippen molar-refractivity contribution in [2.45, 2.75) is 48.7 Å². The predicted molar refractivity (Wildman–Crippen MR) is 80.5 cm³/mol. The fourth-order valence-corrected chi connectivity index (χ4v) is 5.94. The van der Waals surface area contributed by atoms with Crippen LogP contribution in [-0.4, -0.2) is 39.8 Å². The highest BCUT2D eigenvalue weighted by Gasteiger charge is 2.49. The van der Waals surface area contributed by atoms with Gasteiger partial charge in [-0.15, -0.1) is 0 Å². The molecule has 0 aliphatic carbocycles. The number of sulfonamides is 1. The van der Waals surface area contributed by atoms with Gasteiger partial charge in [-0.3, -0.25) is 0 Å². The van der Waals surface area contributed by atoms with Gasteiger partial charge >= 0.3 is 0 Å². The number of benzene rings is 1. The van der Waals surface area contributed by atoms with Crippen molar-refractivity contribution in [2.75, 3.05) is 0 Å². The monoisotopic (exact) mass is 354 g/mol. The van der Waals surface area contributed by atoms with Gasteiger partial charge in [-0.2, -0.15) is 19.3 Å². The smallest absolute Gasteiger partial charge is 0.207 e. The van der Waals surface area contributed by atoms with Crippen molar-refractivity contribution in [2.24, 2.45) is 0 Å². The van der Waals surface area contributed by atoms with Crippen molar-refractivity contribution in [3.8, 4) is 0 Å². The molecule has 2 bridgehead atoms. The normalized spacial score (nSPS) is 27.5. The maximum Gasteiger partial charge on any atom is 0.249 e. The molecule has 2 unspecified atom stereocenters. The van der Waals surface area contributed by atoms with Gasteiger partial charge in [0.25, 0.3) is 0 Å². The minimum absolute atomic E-state index is 0.00872. The Morgan fingerprint density at radius 1 is 0.958 bits per heavy atom. The van der Waals surface area contributed by atoms with E-state index in [1.807, 2.05) is 0 Å².